The Bertz CT molecular complexity index is 743. The molecule has 0 bridgehead atoms. The molecule has 2 rings (SSSR count). The van der Waals surface area contributed by atoms with Gasteiger partial charge < -0.3 is 14.5 Å². The van der Waals surface area contributed by atoms with Crippen LogP contribution in [0.25, 0.3) is 0 Å². The zero-order chi connectivity index (χ0) is 20.3. The summed E-state index contributed by atoms with van der Waals surface area (Å²) in [5.74, 6) is -0.0315. The topological polar surface area (TPSA) is 81.7 Å². The zero-order valence-corrected chi connectivity index (χ0v) is 18.6. The molecule has 1 aliphatic heterocycles. The van der Waals surface area contributed by atoms with Gasteiger partial charge in [-0.2, -0.15) is 0 Å². The first-order valence-electron chi connectivity index (χ1n) is 9.25. The van der Waals surface area contributed by atoms with E-state index in [4.69, 9.17) is 9.16 Å². The van der Waals surface area contributed by atoms with Gasteiger partial charge in [0.25, 0.3) is 0 Å². The quantitative estimate of drug-likeness (QED) is 0.747. The largest absolute Gasteiger partial charge is 0.445 e. The van der Waals surface area contributed by atoms with Crippen LogP contribution in [0.2, 0.25) is 18.1 Å². The summed E-state index contributed by atoms with van der Waals surface area (Å²) in [6.07, 6.45) is -0.554. The van der Waals surface area contributed by atoms with E-state index in [9.17, 15) is 13.2 Å². The molecule has 1 saturated heterocycles. The van der Waals surface area contributed by atoms with Gasteiger partial charge in [-0.1, -0.05) is 51.1 Å². The molecule has 0 aliphatic carbocycles. The first kappa shape index (κ1) is 21.9. The van der Waals surface area contributed by atoms with Crippen molar-refractivity contribution in [1.29, 1.82) is 0 Å². The molecular formula is C19H31NO5SSi. The van der Waals surface area contributed by atoms with Crippen molar-refractivity contribution in [3.63, 3.8) is 0 Å². The highest BCUT2D eigenvalue weighted by Gasteiger charge is 2.43. The van der Waals surface area contributed by atoms with Crippen LogP contribution < -0.4 is 5.32 Å². The summed E-state index contributed by atoms with van der Waals surface area (Å²) < 4.78 is 35.9. The Kier molecular flexibility index (Phi) is 6.75. The van der Waals surface area contributed by atoms with Crippen molar-refractivity contribution >= 4 is 24.2 Å². The Balaban J connectivity index is 2.03. The third-order valence-corrected chi connectivity index (χ3v) is 11.6. The number of carbonyl (C=O) groups excluding carboxylic acids is 1. The van der Waals surface area contributed by atoms with Crippen molar-refractivity contribution in [3.8, 4) is 0 Å². The van der Waals surface area contributed by atoms with Crippen LogP contribution in [0.15, 0.2) is 30.3 Å². The Labute approximate surface area is 163 Å². The first-order chi connectivity index (χ1) is 12.4. The third kappa shape index (κ3) is 6.33. The van der Waals surface area contributed by atoms with Gasteiger partial charge in [0.1, 0.15) is 6.61 Å². The van der Waals surface area contributed by atoms with E-state index in [-0.39, 0.29) is 29.3 Å². The van der Waals surface area contributed by atoms with Crippen molar-refractivity contribution in [1.82, 2.24) is 5.32 Å². The van der Waals surface area contributed by atoms with Crippen molar-refractivity contribution in [2.24, 2.45) is 0 Å². The number of amides is 1. The SMILES string of the molecule is CC(C)(C)[Si](C)(C)O[C@H]1CCS(=O)(=O)C[C@H]1NC(=O)OCc1ccccc1. The summed E-state index contributed by atoms with van der Waals surface area (Å²) in [6, 6.07) is 8.75. The molecule has 0 radical (unpaired) electrons. The fourth-order valence-corrected chi connectivity index (χ4v) is 5.70. The standard InChI is InChI=1S/C19H31NO5SSi/c1-19(2,3)27(4,5)25-17-11-12-26(22,23)14-16(17)20-18(21)24-13-15-9-7-6-8-10-15/h6-10,16-17H,11-14H2,1-5H3,(H,20,21)/t16-,17+/m1/s1. The lowest BCUT2D eigenvalue weighted by Gasteiger charge is -2.42. The lowest BCUT2D eigenvalue weighted by Crippen LogP contribution is -2.57. The summed E-state index contributed by atoms with van der Waals surface area (Å²) in [5, 5.41) is 2.73. The maximum Gasteiger partial charge on any atom is 0.407 e. The highest BCUT2D eigenvalue weighted by atomic mass is 32.2. The maximum absolute atomic E-state index is 12.2. The number of alkyl carbamates (subject to hydrolysis) is 1. The van der Waals surface area contributed by atoms with Crippen molar-refractivity contribution < 1.29 is 22.4 Å². The molecule has 0 aromatic heterocycles. The first-order valence-corrected chi connectivity index (χ1v) is 14.0. The van der Waals surface area contributed by atoms with Gasteiger partial charge in [0.05, 0.1) is 23.7 Å². The monoisotopic (exact) mass is 413 g/mol. The van der Waals surface area contributed by atoms with Crippen LogP contribution in [0.1, 0.15) is 32.8 Å². The molecule has 1 N–H and O–H groups in total. The Morgan fingerprint density at radius 2 is 1.85 bits per heavy atom. The van der Waals surface area contributed by atoms with E-state index in [2.05, 4.69) is 39.2 Å². The lowest BCUT2D eigenvalue weighted by molar-refractivity contribution is 0.107. The van der Waals surface area contributed by atoms with Crippen LogP contribution in [-0.2, 0) is 25.6 Å². The molecule has 2 atom stereocenters. The number of ether oxygens (including phenoxy) is 1. The van der Waals surface area contributed by atoms with Gasteiger partial charge in [-0.15, -0.1) is 0 Å². The highest BCUT2D eigenvalue weighted by Crippen LogP contribution is 2.38. The number of rotatable bonds is 5. The molecule has 27 heavy (non-hydrogen) atoms. The smallest absolute Gasteiger partial charge is 0.407 e. The number of nitrogens with one attached hydrogen (secondary N) is 1. The molecule has 6 nitrogen and oxygen atoms in total. The second-order valence-corrected chi connectivity index (χ2v) is 15.6. The van der Waals surface area contributed by atoms with E-state index in [0.717, 1.165) is 5.56 Å². The van der Waals surface area contributed by atoms with Crippen LogP contribution in [0.5, 0.6) is 0 Å². The number of sulfone groups is 1. The molecule has 0 saturated carbocycles. The van der Waals surface area contributed by atoms with Crippen LogP contribution in [0, 0.1) is 0 Å². The van der Waals surface area contributed by atoms with E-state index in [1.807, 2.05) is 30.3 Å². The van der Waals surface area contributed by atoms with E-state index in [0.29, 0.717) is 6.42 Å². The Morgan fingerprint density at radius 1 is 1.22 bits per heavy atom. The zero-order valence-electron chi connectivity index (χ0n) is 16.8. The van der Waals surface area contributed by atoms with Crippen molar-refractivity contribution in [2.75, 3.05) is 11.5 Å². The van der Waals surface area contributed by atoms with Crippen molar-refractivity contribution in [2.45, 2.75) is 64.1 Å². The fraction of sp³-hybridized carbons (Fsp3) is 0.632. The van der Waals surface area contributed by atoms with E-state index in [1.54, 1.807) is 0 Å². The molecule has 1 heterocycles. The average molecular weight is 414 g/mol. The van der Waals surface area contributed by atoms with Gasteiger partial charge in [-0.3, -0.25) is 0 Å². The summed E-state index contributed by atoms with van der Waals surface area (Å²) in [4.78, 5) is 12.2. The van der Waals surface area contributed by atoms with Crippen molar-refractivity contribution in [3.05, 3.63) is 35.9 Å². The van der Waals surface area contributed by atoms with Gasteiger partial charge in [0.15, 0.2) is 18.2 Å². The van der Waals surface area contributed by atoms with E-state index < -0.39 is 30.3 Å². The number of hydrogen-bond acceptors (Lipinski definition) is 5. The minimum Gasteiger partial charge on any atom is -0.445 e. The van der Waals surface area contributed by atoms with Crippen LogP contribution in [-0.4, -0.2) is 46.5 Å². The average Bonchev–Trinajstić information content (AvgIpc) is 2.55. The fourth-order valence-electron chi connectivity index (χ4n) is 2.71. The van der Waals surface area contributed by atoms with E-state index in [1.165, 1.54) is 0 Å². The Morgan fingerprint density at radius 3 is 2.44 bits per heavy atom. The molecule has 1 amide bonds. The molecule has 0 unspecified atom stereocenters. The van der Waals surface area contributed by atoms with Crippen LogP contribution in [0.4, 0.5) is 4.79 Å². The predicted molar refractivity (Wildman–Crippen MR) is 109 cm³/mol. The van der Waals surface area contributed by atoms with Gasteiger partial charge in [0.2, 0.25) is 0 Å². The second-order valence-electron chi connectivity index (χ2n) is 8.63. The molecule has 0 spiro atoms. The second kappa shape index (κ2) is 8.32. The minimum atomic E-state index is -3.20. The number of hydrogen-bond donors (Lipinski definition) is 1. The lowest BCUT2D eigenvalue weighted by atomic mass is 10.1. The molecule has 1 fully saturated rings. The molecule has 1 aromatic rings. The third-order valence-electron chi connectivity index (χ3n) is 5.36. The molecule has 8 heteroatoms. The number of carbonyl (C=O) groups is 1. The molecule has 1 aromatic carbocycles. The molecular weight excluding hydrogens is 382 g/mol. The highest BCUT2D eigenvalue weighted by molar-refractivity contribution is 7.91. The van der Waals surface area contributed by atoms with Gasteiger partial charge in [-0.05, 0) is 30.1 Å². The normalized spacial score (nSPS) is 22.9. The summed E-state index contributed by atoms with van der Waals surface area (Å²) >= 11 is 0. The Hall–Kier alpha value is -1.38. The van der Waals surface area contributed by atoms with Crippen LogP contribution in [0.3, 0.4) is 0 Å². The molecule has 152 valence electrons. The number of benzene rings is 1. The van der Waals surface area contributed by atoms with Gasteiger partial charge >= 0.3 is 6.09 Å². The minimum absolute atomic E-state index is 0.00168. The van der Waals surface area contributed by atoms with Gasteiger partial charge in [-0.25, -0.2) is 13.2 Å². The summed E-state index contributed by atoms with van der Waals surface area (Å²) in [5.41, 5.74) is 0.873. The van der Waals surface area contributed by atoms with Crippen LogP contribution >= 0.6 is 0 Å². The maximum atomic E-state index is 12.2. The van der Waals surface area contributed by atoms with E-state index >= 15 is 0 Å². The summed E-state index contributed by atoms with van der Waals surface area (Å²) in [6.45, 7) is 10.8. The summed E-state index contributed by atoms with van der Waals surface area (Å²) in [7, 11) is -5.29. The predicted octanol–water partition coefficient (Wildman–Crippen LogP) is 3.49. The van der Waals surface area contributed by atoms with Gasteiger partial charge in [0, 0.05) is 0 Å². The molecule has 1 aliphatic rings.